The average molecular weight is 354 g/mol. The number of hydrogen-bond donors (Lipinski definition) is 1. The van der Waals surface area contributed by atoms with Crippen LogP contribution in [0.2, 0.25) is 10.0 Å². The topological polar surface area (TPSA) is 47.6 Å². The van der Waals surface area contributed by atoms with Crippen molar-refractivity contribution in [3.05, 3.63) is 57.6 Å². The summed E-state index contributed by atoms with van der Waals surface area (Å²) in [6.45, 7) is 1.85. The molecule has 1 N–H and O–H groups in total. The van der Waals surface area contributed by atoms with Crippen molar-refractivity contribution < 1.29 is 14.3 Å². The Balaban J connectivity index is 2.25. The van der Waals surface area contributed by atoms with Gasteiger partial charge in [-0.15, -0.1) is 0 Å². The van der Waals surface area contributed by atoms with Gasteiger partial charge in [-0.1, -0.05) is 35.3 Å². The first kappa shape index (κ1) is 17.4. The van der Waals surface area contributed by atoms with Gasteiger partial charge in [-0.05, 0) is 36.8 Å². The second-order valence-electron chi connectivity index (χ2n) is 4.90. The smallest absolute Gasteiger partial charge is 0.255 e. The van der Waals surface area contributed by atoms with E-state index in [4.69, 9.17) is 32.7 Å². The van der Waals surface area contributed by atoms with Crippen molar-refractivity contribution >= 4 is 29.1 Å². The minimum atomic E-state index is -0.289. The number of halogens is 2. The molecule has 0 heterocycles. The Hall–Kier alpha value is -1.91. The van der Waals surface area contributed by atoms with Crippen LogP contribution in [0, 0.1) is 0 Å². The Morgan fingerprint density at radius 3 is 2.48 bits per heavy atom. The molecule has 0 aromatic heterocycles. The quantitative estimate of drug-likeness (QED) is 0.860. The predicted octanol–water partition coefficient (Wildman–Crippen LogP) is 4.50. The zero-order valence-electron chi connectivity index (χ0n) is 13.0. The Morgan fingerprint density at radius 1 is 1.13 bits per heavy atom. The number of methoxy groups -OCH3 is 2. The first-order valence-corrected chi connectivity index (χ1v) is 7.70. The normalized spacial score (nSPS) is 11.7. The summed E-state index contributed by atoms with van der Waals surface area (Å²) in [6, 6.07) is 10.0. The molecule has 1 atom stereocenters. The highest BCUT2D eigenvalue weighted by atomic mass is 35.5. The summed E-state index contributed by atoms with van der Waals surface area (Å²) in [7, 11) is 3.02. The molecule has 0 aliphatic heterocycles. The molecule has 4 nitrogen and oxygen atoms in total. The van der Waals surface area contributed by atoms with Gasteiger partial charge in [-0.2, -0.15) is 0 Å². The third kappa shape index (κ3) is 3.89. The molecular weight excluding hydrogens is 337 g/mol. The van der Waals surface area contributed by atoms with Crippen LogP contribution in [0.1, 0.15) is 28.9 Å². The van der Waals surface area contributed by atoms with E-state index in [1.54, 1.807) is 36.4 Å². The number of carbonyl (C=O) groups excluding carboxylic acids is 1. The monoisotopic (exact) mass is 353 g/mol. The average Bonchev–Trinajstić information content (AvgIpc) is 2.53. The molecule has 2 aromatic carbocycles. The molecular formula is C17H17Cl2NO3. The van der Waals surface area contributed by atoms with Gasteiger partial charge in [-0.25, -0.2) is 0 Å². The molecule has 0 saturated carbocycles. The molecule has 23 heavy (non-hydrogen) atoms. The number of para-hydroxylation sites is 1. The maximum Gasteiger partial charge on any atom is 0.255 e. The van der Waals surface area contributed by atoms with E-state index in [0.29, 0.717) is 27.1 Å². The van der Waals surface area contributed by atoms with Crippen LogP contribution < -0.4 is 14.8 Å². The molecule has 2 rings (SSSR count). The third-order valence-electron chi connectivity index (χ3n) is 3.42. The lowest BCUT2D eigenvalue weighted by Gasteiger charge is -2.18. The van der Waals surface area contributed by atoms with Crippen LogP contribution in [0.25, 0.3) is 0 Å². The first-order chi connectivity index (χ1) is 11.0. The van der Waals surface area contributed by atoms with Crippen molar-refractivity contribution in [1.29, 1.82) is 0 Å². The highest BCUT2D eigenvalue weighted by Gasteiger charge is 2.19. The summed E-state index contributed by atoms with van der Waals surface area (Å²) in [5, 5.41) is 3.95. The van der Waals surface area contributed by atoms with Crippen molar-refractivity contribution in [2.45, 2.75) is 13.0 Å². The Labute approximate surface area is 145 Å². The molecule has 6 heteroatoms. The summed E-state index contributed by atoms with van der Waals surface area (Å²) in [4.78, 5) is 12.5. The number of hydrogen-bond acceptors (Lipinski definition) is 3. The second-order valence-corrected chi connectivity index (χ2v) is 5.75. The molecule has 0 unspecified atom stereocenters. The van der Waals surface area contributed by atoms with Gasteiger partial charge in [0.1, 0.15) is 0 Å². The number of carbonyl (C=O) groups is 1. The zero-order chi connectivity index (χ0) is 17.0. The largest absolute Gasteiger partial charge is 0.493 e. The van der Waals surface area contributed by atoms with Gasteiger partial charge in [-0.3, -0.25) is 4.79 Å². The highest BCUT2D eigenvalue weighted by molar-refractivity contribution is 6.35. The number of nitrogens with one attached hydrogen (secondary N) is 1. The number of rotatable bonds is 5. The minimum absolute atomic E-state index is 0.278. The second kappa shape index (κ2) is 7.57. The van der Waals surface area contributed by atoms with E-state index in [0.717, 1.165) is 5.56 Å². The molecule has 1 amide bonds. The van der Waals surface area contributed by atoms with E-state index < -0.39 is 0 Å². The Morgan fingerprint density at radius 2 is 1.87 bits per heavy atom. The van der Waals surface area contributed by atoms with E-state index in [1.165, 1.54) is 14.2 Å². The molecule has 2 aromatic rings. The van der Waals surface area contributed by atoms with E-state index >= 15 is 0 Å². The minimum Gasteiger partial charge on any atom is -0.493 e. The van der Waals surface area contributed by atoms with E-state index in [9.17, 15) is 4.79 Å². The third-order valence-corrected chi connectivity index (χ3v) is 3.99. The maximum absolute atomic E-state index is 12.5. The molecule has 122 valence electrons. The van der Waals surface area contributed by atoms with Gasteiger partial charge in [0.25, 0.3) is 5.91 Å². The lowest BCUT2D eigenvalue weighted by atomic mass is 10.1. The van der Waals surface area contributed by atoms with Crippen molar-refractivity contribution in [3.8, 4) is 11.5 Å². The van der Waals surface area contributed by atoms with Crippen LogP contribution in [0.5, 0.6) is 11.5 Å². The number of benzene rings is 2. The van der Waals surface area contributed by atoms with Crippen LogP contribution in [0.15, 0.2) is 36.4 Å². The summed E-state index contributed by atoms with van der Waals surface area (Å²) in [5.41, 5.74) is 1.18. The maximum atomic E-state index is 12.5. The molecule has 0 fully saturated rings. The van der Waals surface area contributed by atoms with Crippen LogP contribution in [0.4, 0.5) is 0 Å². The summed E-state index contributed by atoms with van der Waals surface area (Å²) < 4.78 is 10.5. The van der Waals surface area contributed by atoms with Crippen LogP contribution in [-0.4, -0.2) is 20.1 Å². The van der Waals surface area contributed by atoms with Crippen LogP contribution >= 0.6 is 23.2 Å². The van der Waals surface area contributed by atoms with Crippen LogP contribution in [0.3, 0.4) is 0 Å². The highest BCUT2D eigenvalue weighted by Crippen LogP contribution is 2.31. The fourth-order valence-corrected chi connectivity index (χ4v) is 2.84. The molecule has 0 spiro atoms. The fraction of sp³-hybridized carbons (Fsp3) is 0.235. The van der Waals surface area contributed by atoms with Crippen molar-refractivity contribution in [2.24, 2.45) is 0 Å². The summed E-state index contributed by atoms with van der Waals surface area (Å²) in [6.07, 6.45) is 0. The van der Waals surface area contributed by atoms with Gasteiger partial charge < -0.3 is 14.8 Å². The molecule has 0 saturated heterocycles. The lowest BCUT2D eigenvalue weighted by Crippen LogP contribution is -2.27. The Bertz CT molecular complexity index is 719. The zero-order valence-corrected chi connectivity index (χ0v) is 14.5. The molecule has 0 radical (unpaired) electrons. The van der Waals surface area contributed by atoms with Gasteiger partial charge in [0.15, 0.2) is 11.5 Å². The van der Waals surface area contributed by atoms with Crippen molar-refractivity contribution in [1.82, 2.24) is 5.32 Å². The SMILES string of the molecule is COc1cccc(C(=O)N[C@@H](C)c2ccc(Cl)cc2Cl)c1OC. The molecule has 0 bridgehead atoms. The predicted molar refractivity (Wildman–Crippen MR) is 91.9 cm³/mol. The van der Waals surface area contributed by atoms with E-state index in [2.05, 4.69) is 5.32 Å². The summed E-state index contributed by atoms with van der Waals surface area (Å²) >= 11 is 12.1. The van der Waals surface area contributed by atoms with Crippen molar-refractivity contribution in [3.63, 3.8) is 0 Å². The van der Waals surface area contributed by atoms with Crippen LogP contribution in [-0.2, 0) is 0 Å². The molecule has 0 aliphatic rings. The van der Waals surface area contributed by atoms with Gasteiger partial charge in [0.05, 0.1) is 25.8 Å². The van der Waals surface area contributed by atoms with Gasteiger partial charge in [0.2, 0.25) is 0 Å². The van der Waals surface area contributed by atoms with Gasteiger partial charge in [0, 0.05) is 10.0 Å². The van der Waals surface area contributed by atoms with Crippen molar-refractivity contribution in [2.75, 3.05) is 14.2 Å². The van der Waals surface area contributed by atoms with E-state index in [1.807, 2.05) is 6.92 Å². The number of amides is 1. The Kier molecular flexibility index (Phi) is 5.74. The van der Waals surface area contributed by atoms with E-state index in [-0.39, 0.29) is 11.9 Å². The first-order valence-electron chi connectivity index (χ1n) is 6.94. The molecule has 0 aliphatic carbocycles. The lowest BCUT2D eigenvalue weighted by molar-refractivity contribution is 0.0936. The van der Waals surface area contributed by atoms with Gasteiger partial charge >= 0.3 is 0 Å². The fourth-order valence-electron chi connectivity index (χ4n) is 2.27. The number of ether oxygens (including phenoxy) is 2. The standard InChI is InChI=1S/C17H17Cl2NO3/c1-10(12-8-7-11(18)9-14(12)19)20-17(21)13-5-4-6-15(22-2)16(13)23-3/h4-10H,1-3H3,(H,20,21)/t10-/m0/s1. The summed E-state index contributed by atoms with van der Waals surface area (Å²) in [5.74, 6) is 0.610.